The highest BCUT2D eigenvalue weighted by atomic mass is 79.9. The number of rotatable bonds is 9. The van der Waals surface area contributed by atoms with Crippen LogP contribution in [0.25, 0.3) is 0 Å². The van der Waals surface area contributed by atoms with Crippen molar-refractivity contribution in [3.05, 3.63) is 52.4 Å². The minimum absolute atomic E-state index is 0.0970. The van der Waals surface area contributed by atoms with E-state index in [9.17, 15) is 13.2 Å². The summed E-state index contributed by atoms with van der Waals surface area (Å²) >= 11 is 3.35. The van der Waals surface area contributed by atoms with Gasteiger partial charge in [0.2, 0.25) is 10.0 Å². The Hall–Kier alpha value is -1.68. The molecule has 0 aliphatic heterocycles. The lowest BCUT2D eigenvalue weighted by molar-refractivity contribution is 0.0938. The summed E-state index contributed by atoms with van der Waals surface area (Å²) in [6.07, 6.45) is 1.59. The second kappa shape index (κ2) is 9.69. The van der Waals surface area contributed by atoms with Gasteiger partial charge in [-0.3, -0.25) is 9.69 Å². The maximum absolute atomic E-state index is 12.8. The van der Waals surface area contributed by atoms with E-state index >= 15 is 0 Å². The van der Waals surface area contributed by atoms with Crippen LogP contribution in [-0.2, 0) is 10.0 Å². The number of nitrogens with zero attached hydrogens (tertiary/aromatic N) is 2. The van der Waals surface area contributed by atoms with Crippen LogP contribution in [0.1, 0.15) is 36.0 Å². The zero-order chi connectivity index (χ0) is 20.9. The van der Waals surface area contributed by atoms with Gasteiger partial charge in [0.05, 0.1) is 22.8 Å². The van der Waals surface area contributed by atoms with Crippen LogP contribution in [0, 0.1) is 0 Å². The molecule has 9 heteroatoms. The summed E-state index contributed by atoms with van der Waals surface area (Å²) in [6, 6.07) is 8.00. The number of carbonyl (C=O) groups excluding carboxylic acids is 1. The number of halogens is 1. The Balaban J connectivity index is 2.24. The minimum Gasteiger partial charge on any atom is -0.468 e. The highest BCUT2D eigenvalue weighted by Crippen LogP contribution is 2.24. The van der Waals surface area contributed by atoms with Crippen LogP contribution in [-0.4, -0.2) is 57.3 Å². The Bertz CT molecular complexity index is 894. The number of hydrogen-bond acceptors (Lipinski definition) is 5. The largest absolute Gasteiger partial charge is 0.468 e. The first-order chi connectivity index (χ1) is 13.2. The fourth-order valence-corrected chi connectivity index (χ4v) is 4.77. The average molecular weight is 472 g/mol. The third-order valence-corrected chi connectivity index (χ3v) is 7.21. The van der Waals surface area contributed by atoms with Crippen molar-refractivity contribution in [3.63, 3.8) is 0 Å². The monoisotopic (exact) mass is 471 g/mol. The second-order valence-electron chi connectivity index (χ2n) is 6.44. The van der Waals surface area contributed by atoms with Gasteiger partial charge in [0.15, 0.2) is 0 Å². The normalized spacial score (nSPS) is 13.1. The van der Waals surface area contributed by atoms with Crippen molar-refractivity contribution in [2.45, 2.75) is 24.8 Å². The molecule has 0 aliphatic carbocycles. The number of nitrogens with one attached hydrogen (secondary N) is 1. The summed E-state index contributed by atoms with van der Waals surface area (Å²) in [5.41, 5.74) is 0.269. The predicted molar refractivity (Wildman–Crippen MR) is 112 cm³/mol. The van der Waals surface area contributed by atoms with Crippen LogP contribution < -0.4 is 5.32 Å². The summed E-state index contributed by atoms with van der Waals surface area (Å²) in [7, 11) is 0.146. The molecule has 0 bridgehead atoms. The van der Waals surface area contributed by atoms with Gasteiger partial charge in [0.1, 0.15) is 5.76 Å². The van der Waals surface area contributed by atoms with Gasteiger partial charge in [-0.2, -0.15) is 4.31 Å². The third kappa shape index (κ3) is 5.02. The standard InChI is InChI=1S/C19H26BrN3O4S/c1-5-23(6-2)28(25,26)14-9-10-16(20)15(12-14)19(24)21-13-17(22(3)4)18-8-7-11-27-18/h7-12,17H,5-6,13H2,1-4H3,(H,21,24). The SMILES string of the molecule is CCN(CC)S(=O)(=O)c1ccc(Br)c(C(=O)NCC(c2ccco2)N(C)C)c1. The predicted octanol–water partition coefficient (Wildman–Crippen LogP) is 3.11. The van der Waals surface area contributed by atoms with Gasteiger partial charge in [-0.25, -0.2) is 8.42 Å². The molecule has 28 heavy (non-hydrogen) atoms. The number of likely N-dealkylation sites (N-methyl/N-ethyl adjacent to an activating group) is 1. The molecular formula is C19H26BrN3O4S. The molecule has 0 spiro atoms. The first-order valence-electron chi connectivity index (χ1n) is 9.00. The van der Waals surface area contributed by atoms with Gasteiger partial charge in [-0.05, 0) is 60.4 Å². The van der Waals surface area contributed by atoms with E-state index in [2.05, 4.69) is 21.2 Å². The van der Waals surface area contributed by atoms with Crippen LogP contribution in [0.15, 0.2) is 50.4 Å². The van der Waals surface area contributed by atoms with E-state index in [-0.39, 0.29) is 22.4 Å². The molecule has 0 saturated carbocycles. The summed E-state index contributed by atoms with van der Waals surface area (Å²) in [6.45, 7) is 4.61. The van der Waals surface area contributed by atoms with Crippen molar-refractivity contribution >= 4 is 31.9 Å². The van der Waals surface area contributed by atoms with Crippen molar-refractivity contribution in [3.8, 4) is 0 Å². The summed E-state index contributed by atoms with van der Waals surface area (Å²) in [5.74, 6) is 0.379. The highest BCUT2D eigenvalue weighted by Gasteiger charge is 2.24. The zero-order valence-electron chi connectivity index (χ0n) is 16.5. The molecule has 1 aromatic carbocycles. The van der Waals surface area contributed by atoms with E-state index < -0.39 is 10.0 Å². The number of furan rings is 1. The van der Waals surface area contributed by atoms with Gasteiger partial charge in [0.25, 0.3) is 5.91 Å². The molecule has 0 radical (unpaired) electrons. The van der Waals surface area contributed by atoms with Crippen molar-refractivity contribution in [2.24, 2.45) is 0 Å². The van der Waals surface area contributed by atoms with Crippen LogP contribution in [0.3, 0.4) is 0 Å². The smallest absolute Gasteiger partial charge is 0.252 e. The molecule has 0 fully saturated rings. The fraction of sp³-hybridized carbons (Fsp3) is 0.421. The quantitative estimate of drug-likeness (QED) is 0.607. The molecule has 2 rings (SSSR count). The van der Waals surface area contributed by atoms with E-state index in [1.54, 1.807) is 32.2 Å². The molecule has 7 nitrogen and oxygen atoms in total. The van der Waals surface area contributed by atoms with E-state index in [0.717, 1.165) is 5.76 Å². The first-order valence-corrected chi connectivity index (χ1v) is 11.2. The molecule has 0 aliphatic rings. The van der Waals surface area contributed by atoms with Crippen LogP contribution in [0.4, 0.5) is 0 Å². The van der Waals surface area contributed by atoms with Crippen molar-refractivity contribution < 1.29 is 17.6 Å². The van der Waals surface area contributed by atoms with Crippen LogP contribution in [0.2, 0.25) is 0 Å². The van der Waals surface area contributed by atoms with Crippen molar-refractivity contribution in [1.29, 1.82) is 0 Å². The zero-order valence-corrected chi connectivity index (χ0v) is 18.9. The number of amides is 1. The Labute approximate surface area is 174 Å². The molecular weight excluding hydrogens is 446 g/mol. The maximum atomic E-state index is 12.8. The Kier molecular flexibility index (Phi) is 7.82. The molecule has 1 atom stereocenters. The van der Waals surface area contributed by atoms with Crippen LogP contribution >= 0.6 is 15.9 Å². The number of carbonyl (C=O) groups is 1. The Morgan fingerprint density at radius 2 is 1.89 bits per heavy atom. The summed E-state index contributed by atoms with van der Waals surface area (Å²) in [4.78, 5) is 14.8. The fourth-order valence-electron chi connectivity index (χ4n) is 2.85. The highest BCUT2D eigenvalue weighted by molar-refractivity contribution is 9.10. The molecule has 0 saturated heterocycles. The minimum atomic E-state index is -3.64. The first kappa shape index (κ1) is 22.6. The summed E-state index contributed by atoms with van der Waals surface area (Å²) < 4.78 is 32.8. The lowest BCUT2D eigenvalue weighted by Gasteiger charge is -2.23. The molecule has 1 unspecified atom stereocenters. The van der Waals surface area contributed by atoms with Gasteiger partial charge < -0.3 is 9.73 Å². The second-order valence-corrected chi connectivity index (χ2v) is 9.23. The summed E-state index contributed by atoms with van der Waals surface area (Å²) in [5, 5.41) is 2.87. The molecule has 1 amide bonds. The molecule has 1 heterocycles. The number of sulfonamides is 1. The Morgan fingerprint density at radius 3 is 2.43 bits per heavy atom. The van der Waals surface area contributed by atoms with Gasteiger partial charge in [-0.15, -0.1) is 0 Å². The number of hydrogen-bond donors (Lipinski definition) is 1. The average Bonchev–Trinajstić information content (AvgIpc) is 3.16. The number of benzene rings is 1. The van der Waals surface area contributed by atoms with E-state index in [0.29, 0.717) is 24.1 Å². The van der Waals surface area contributed by atoms with E-state index in [4.69, 9.17) is 4.42 Å². The lowest BCUT2D eigenvalue weighted by atomic mass is 10.1. The molecule has 1 aromatic heterocycles. The van der Waals surface area contributed by atoms with E-state index in [1.807, 2.05) is 25.1 Å². The van der Waals surface area contributed by atoms with Crippen LogP contribution in [0.5, 0.6) is 0 Å². The van der Waals surface area contributed by atoms with E-state index in [1.165, 1.54) is 16.4 Å². The maximum Gasteiger partial charge on any atom is 0.252 e. The van der Waals surface area contributed by atoms with Crippen molar-refractivity contribution in [2.75, 3.05) is 33.7 Å². The topological polar surface area (TPSA) is 82.9 Å². The lowest BCUT2D eigenvalue weighted by Crippen LogP contribution is -2.35. The van der Waals surface area contributed by atoms with Gasteiger partial charge in [-0.1, -0.05) is 13.8 Å². The third-order valence-electron chi connectivity index (χ3n) is 4.48. The molecule has 154 valence electrons. The van der Waals surface area contributed by atoms with Crippen molar-refractivity contribution in [1.82, 2.24) is 14.5 Å². The Morgan fingerprint density at radius 1 is 1.21 bits per heavy atom. The molecule has 2 aromatic rings. The van der Waals surface area contributed by atoms with Gasteiger partial charge in [0, 0.05) is 24.1 Å². The van der Waals surface area contributed by atoms with Gasteiger partial charge >= 0.3 is 0 Å². The molecule has 1 N–H and O–H groups in total.